The monoisotopic (exact) mass is 255 g/mol. The van der Waals surface area contributed by atoms with Crippen molar-refractivity contribution in [1.29, 1.82) is 0 Å². The molecule has 0 saturated heterocycles. The smallest absolute Gasteiger partial charge is 0.171 e. The van der Waals surface area contributed by atoms with Gasteiger partial charge in [-0.1, -0.05) is 36.0 Å². The average molecular weight is 255 g/mol. The zero-order chi connectivity index (χ0) is 12.4. The van der Waals surface area contributed by atoms with Crippen LogP contribution in [0.2, 0.25) is 0 Å². The van der Waals surface area contributed by atoms with Gasteiger partial charge in [-0.05, 0) is 29.8 Å². The summed E-state index contributed by atoms with van der Waals surface area (Å²) in [5.41, 5.74) is 8.79. The summed E-state index contributed by atoms with van der Waals surface area (Å²) >= 11 is 1.63. The minimum atomic E-state index is 0.579. The third-order valence-corrected chi connectivity index (χ3v) is 3.64. The van der Waals surface area contributed by atoms with Gasteiger partial charge in [0.2, 0.25) is 0 Å². The fraction of sp³-hybridized carbons (Fsp3) is 0.0714. The van der Waals surface area contributed by atoms with Crippen molar-refractivity contribution in [2.45, 2.75) is 16.6 Å². The number of nitrogens with zero attached hydrogens (tertiary/aromatic N) is 1. The number of imidazole rings is 1. The van der Waals surface area contributed by atoms with Crippen LogP contribution < -0.4 is 5.73 Å². The van der Waals surface area contributed by atoms with E-state index >= 15 is 0 Å². The molecular weight excluding hydrogens is 242 g/mol. The SMILES string of the molecule is NCc1ccc(Sc2nc3ccccc3[nH]2)cc1. The second kappa shape index (κ2) is 4.84. The molecule has 4 heteroatoms. The van der Waals surface area contributed by atoms with Gasteiger partial charge in [-0.2, -0.15) is 0 Å². The molecule has 0 unspecified atom stereocenters. The molecule has 0 radical (unpaired) electrons. The number of rotatable bonds is 3. The molecule has 0 spiro atoms. The number of para-hydroxylation sites is 2. The maximum atomic E-state index is 5.58. The maximum Gasteiger partial charge on any atom is 0.171 e. The fourth-order valence-electron chi connectivity index (χ4n) is 1.78. The summed E-state index contributed by atoms with van der Waals surface area (Å²) < 4.78 is 0. The highest BCUT2D eigenvalue weighted by Gasteiger charge is 2.03. The van der Waals surface area contributed by atoms with Crippen LogP contribution in [0.4, 0.5) is 0 Å². The van der Waals surface area contributed by atoms with Crippen LogP contribution >= 0.6 is 11.8 Å². The van der Waals surface area contributed by atoms with Crippen molar-refractivity contribution in [3.05, 3.63) is 54.1 Å². The van der Waals surface area contributed by atoms with Gasteiger partial charge in [0.1, 0.15) is 0 Å². The predicted octanol–water partition coefficient (Wildman–Crippen LogP) is 3.17. The molecule has 3 N–H and O–H groups in total. The molecular formula is C14H13N3S. The summed E-state index contributed by atoms with van der Waals surface area (Å²) in [6.07, 6.45) is 0. The quantitative estimate of drug-likeness (QED) is 0.755. The van der Waals surface area contributed by atoms with E-state index in [0.29, 0.717) is 6.54 Å². The minimum absolute atomic E-state index is 0.579. The van der Waals surface area contributed by atoms with Crippen molar-refractivity contribution in [3.63, 3.8) is 0 Å². The van der Waals surface area contributed by atoms with E-state index in [9.17, 15) is 0 Å². The highest BCUT2D eigenvalue weighted by Crippen LogP contribution is 2.27. The molecule has 0 aliphatic carbocycles. The molecule has 2 aromatic carbocycles. The maximum absolute atomic E-state index is 5.58. The Bertz CT molecular complexity index is 625. The second-order valence-corrected chi connectivity index (χ2v) is 5.07. The number of nitrogens with one attached hydrogen (secondary N) is 1. The van der Waals surface area contributed by atoms with Gasteiger partial charge in [0.25, 0.3) is 0 Å². The number of H-pyrrole nitrogens is 1. The summed E-state index contributed by atoms with van der Waals surface area (Å²) in [6, 6.07) is 16.3. The molecule has 0 atom stereocenters. The van der Waals surface area contributed by atoms with E-state index in [1.807, 2.05) is 36.4 Å². The van der Waals surface area contributed by atoms with Crippen LogP contribution in [0.3, 0.4) is 0 Å². The van der Waals surface area contributed by atoms with Crippen LogP contribution in [0, 0.1) is 0 Å². The highest BCUT2D eigenvalue weighted by molar-refractivity contribution is 7.99. The van der Waals surface area contributed by atoms with Gasteiger partial charge in [0, 0.05) is 11.4 Å². The van der Waals surface area contributed by atoms with Crippen molar-refractivity contribution < 1.29 is 0 Å². The van der Waals surface area contributed by atoms with Crippen molar-refractivity contribution in [2.75, 3.05) is 0 Å². The van der Waals surface area contributed by atoms with Crippen molar-refractivity contribution in [2.24, 2.45) is 5.73 Å². The predicted molar refractivity (Wildman–Crippen MR) is 74.6 cm³/mol. The van der Waals surface area contributed by atoms with Crippen LogP contribution in [-0.4, -0.2) is 9.97 Å². The zero-order valence-corrected chi connectivity index (χ0v) is 10.6. The first kappa shape index (κ1) is 11.3. The van der Waals surface area contributed by atoms with Crippen molar-refractivity contribution in [1.82, 2.24) is 9.97 Å². The van der Waals surface area contributed by atoms with Crippen LogP contribution in [0.25, 0.3) is 11.0 Å². The first-order valence-electron chi connectivity index (χ1n) is 5.77. The summed E-state index contributed by atoms with van der Waals surface area (Å²) in [6.45, 7) is 0.579. The Balaban J connectivity index is 1.86. The Labute approximate surface area is 109 Å². The number of hydrogen-bond acceptors (Lipinski definition) is 3. The zero-order valence-electron chi connectivity index (χ0n) is 9.76. The Morgan fingerprint density at radius 1 is 1.06 bits per heavy atom. The van der Waals surface area contributed by atoms with Gasteiger partial charge in [0.05, 0.1) is 11.0 Å². The van der Waals surface area contributed by atoms with Gasteiger partial charge in [-0.15, -0.1) is 0 Å². The lowest BCUT2D eigenvalue weighted by molar-refractivity contribution is 1.06. The number of fused-ring (bicyclic) bond motifs is 1. The molecule has 1 aromatic heterocycles. The lowest BCUT2D eigenvalue weighted by Crippen LogP contribution is -1.94. The van der Waals surface area contributed by atoms with Crippen molar-refractivity contribution in [3.8, 4) is 0 Å². The van der Waals surface area contributed by atoms with Gasteiger partial charge in [-0.25, -0.2) is 4.98 Å². The standard InChI is InChI=1S/C14H13N3S/c15-9-10-5-7-11(8-6-10)18-14-16-12-3-1-2-4-13(12)17-14/h1-8H,9,15H2,(H,16,17). The molecule has 0 aliphatic heterocycles. The molecule has 90 valence electrons. The van der Waals surface area contributed by atoms with E-state index in [4.69, 9.17) is 5.73 Å². The number of nitrogens with two attached hydrogens (primary N) is 1. The first-order chi connectivity index (χ1) is 8.85. The molecule has 0 saturated carbocycles. The molecule has 3 aromatic rings. The summed E-state index contributed by atoms with van der Waals surface area (Å²) in [5, 5.41) is 0.914. The molecule has 0 fully saturated rings. The molecule has 1 heterocycles. The second-order valence-electron chi connectivity index (χ2n) is 4.01. The molecule has 0 amide bonds. The van der Waals surface area contributed by atoms with E-state index in [2.05, 4.69) is 22.1 Å². The van der Waals surface area contributed by atoms with Crippen LogP contribution in [-0.2, 0) is 6.54 Å². The lowest BCUT2D eigenvalue weighted by atomic mass is 10.2. The van der Waals surface area contributed by atoms with E-state index < -0.39 is 0 Å². The number of benzene rings is 2. The first-order valence-corrected chi connectivity index (χ1v) is 6.58. The Morgan fingerprint density at radius 2 is 1.83 bits per heavy atom. The number of hydrogen-bond donors (Lipinski definition) is 2. The molecule has 0 aliphatic rings. The van der Waals surface area contributed by atoms with E-state index in [-0.39, 0.29) is 0 Å². The molecule has 0 bridgehead atoms. The van der Waals surface area contributed by atoms with Crippen molar-refractivity contribution >= 4 is 22.8 Å². The number of aromatic amines is 1. The third-order valence-electron chi connectivity index (χ3n) is 2.74. The van der Waals surface area contributed by atoms with Gasteiger partial charge in [0.15, 0.2) is 5.16 Å². The molecule has 3 rings (SSSR count). The van der Waals surface area contributed by atoms with Crippen LogP contribution in [0.1, 0.15) is 5.56 Å². The van der Waals surface area contributed by atoms with Gasteiger partial charge in [-0.3, -0.25) is 0 Å². The minimum Gasteiger partial charge on any atom is -0.333 e. The highest BCUT2D eigenvalue weighted by atomic mass is 32.2. The van der Waals surface area contributed by atoms with E-state index in [1.165, 1.54) is 0 Å². The molecule has 18 heavy (non-hydrogen) atoms. The Hall–Kier alpha value is -1.78. The third kappa shape index (κ3) is 2.25. The summed E-state index contributed by atoms with van der Waals surface area (Å²) in [5.74, 6) is 0. The lowest BCUT2D eigenvalue weighted by Gasteiger charge is -1.99. The fourth-order valence-corrected chi connectivity index (χ4v) is 2.58. The summed E-state index contributed by atoms with van der Waals surface area (Å²) in [4.78, 5) is 8.99. The van der Waals surface area contributed by atoms with Gasteiger partial charge < -0.3 is 10.7 Å². The Kier molecular flexibility index (Phi) is 3.04. The average Bonchev–Trinajstić information content (AvgIpc) is 2.82. The largest absolute Gasteiger partial charge is 0.333 e. The van der Waals surface area contributed by atoms with E-state index in [1.54, 1.807) is 11.8 Å². The normalized spacial score (nSPS) is 10.9. The van der Waals surface area contributed by atoms with Crippen LogP contribution in [0.15, 0.2) is 58.6 Å². The van der Waals surface area contributed by atoms with Gasteiger partial charge >= 0.3 is 0 Å². The Morgan fingerprint density at radius 3 is 2.56 bits per heavy atom. The summed E-state index contributed by atoms with van der Waals surface area (Å²) in [7, 11) is 0. The van der Waals surface area contributed by atoms with E-state index in [0.717, 1.165) is 26.6 Å². The number of aromatic nitrogens is 2. The topological polar surface area (TPSA) is 54.7 Å². The molecule has 3 nitrogen and oxygen atoms in total. The van der Waals surface area contributed by atoms with Crippen LogP contribution in [0.5, 0.6) is 0 Å².